The number of hydrogen-bond donors (Lipinski definition) is 0. The molecule has 6 heteroatoms. The van der Waals surface area contributed by atoms with Crippen molar-refractivity contribution in [2.45, 2.75) is 13.3 Å². The molecule has 2 rings (SSSR count). The van der Waals surface area contributed by atoms with Crippen LogP contribution >= 0.6 is 0 Å². The normalized spacial score (nSPS) is 11.2. The number of pyridine rings is 1. The minimum Gasteiger partial charge on any atom is -0.475 e. The summed E-state index contributed by atoms with van der Waals surface area (Å²) in [6.45, 7) is 6.18. The molecule has 0 radical (unpaired) electrons. The highest BCUT2D eigenvalue weighted by molar-refractivity contribution is 5.70. The Kier molecular flexibility index (Phi) is 11.6. The molecule has 2 aromatic rings. The molecule has 0 aliphatic carbocycles. The molecule has 30 heavy (non-hydrogen) atoms. The smallest absolute Gasteiger partial charge is 0.213 e. The van der Waals surface area contributed by atoms with E-state index in [1.807, 2.05) is 32.3 Å². The van der Waals surface area contributed by atoms with Crippen molar-refractivity contribution in [3.05, 3.63) is 53.7 Å². The second kappa shape index (κ2) is 14.6. The van der Waals surface area contributed by atoms with Gasteiger partial charge in [-0.2, -0.15) is 0 Å². The van der Waals surface area contributed by atoms with Gasteiger partial charge in [-0.3, -0.25) is 0 Å². The second-order valence-corrected chi connectivity index (χ2v) is 6.93. The van der Waals surface area contributed by atoms with E-state index in [4.69, 9.17) is 18.9 Å². The van der Waals surface area contributed by atoms with Gasteiger partial charge in [-0.05, 0) is 35.7 Å². The third-order valence-electron chi connectivity index (χ3n) is 4.21. The van der Waals surface area contributed by atoms with Crippen LogP contribution in [-0.2, 0) is 14.2 Å². The van der Waals surface area contributed by atoms with Crippen molar-refractivity contribution in [2.75, 3.05) is 65.2 Å². The maximum atomic E-state index is 5.61. The van der Waals surface area contributed by atoms with Gasteiger partial charge in [0.15, 0.2) is 0 Å². The van der Waals surface area contributed by atoms with Crippen molar-refractivity contribution in [3.63, 3.8) is 0 Å². The van der Waals surface area contributed by atoms with Crippen LogP contribution in [0.5, 0.6) is 5.88 Å². The largest absolute Gasteiger partial charge is 0.475 e. The number of benzene rings is 1. The molecule has 0 spiro atoms. The molecule has 0 aliphatic rings. The molecule has 0 aliphatic heterocycles. The number of nitrogens with zero attached hydrogens (tertiary/aromatic N) is 2. The summed E-state index contributed by atoms with van der Waals surface area (Å²) >= 11 is 0. The van der Waals surface area contributed by atoms with Crippen LogP contribution in [0.3, 0.4) is 0 Å². The topological polar surface area (TPSA) is 53.1 Å². The Labute approximate surface area is 180 Å². The molecule has 0 N–H and O–H groups in total. The van der Waals surface area contributed by atoms with E-state index in [1.165, 1.54) is 5.69 Å². The number of rotatable bonds is 15. The highest BCUT2D eigenvalue weighted by Gasteiger charge is 1.97. The van der Waals surface area contributed by atoms with E-state index in [2.05, 4.69) is 47.1 Å². The van der Waals surface area contributed by atoms with E-state index in [0.29, 0.717) is 45.5 Å². The summed E-state index contributed by atoms with van der Waals surface area (Å²) in [5.41, 5.74) is 3.36. The highest BCUT2D eigenvalue weighted by Crippen LogP contribution is 2.15. The van der Waals surface area contributed by atoms with E-state index in [-0.39, 0.29) is 0 Å². The second-order valence-electron chi connectivity index (χ2n) is 6.93. The minimum atomic E-state index is 0.458. The Hall–Kier alpha value is -2.41. The fraction of sp³-hybridized carbons (Fsp3) is 0.458. The number of hydrogen-bond acceptors (Lipinski definition) is 6. The Bertz CT molecular complexity index is 715. The fourth-order valence-corrected chi connectivity index (χ4v) is 2.54. The third kappa shape index (κ3) is 9.87. The number of anilines is 1. The van der Waals surface area contributed by atoms with Gasteiger partial charge in [-0.25, -0.2) is 4.98 Å². The quantitative estimate of drug-likeness (QED) is 0.408. The molecule has 0 saturated carbocycles. The third-order valence-corrected chi connectivity index (χ3v) is 4.21. The summed E-state index contributed by atoms with van der Waals surface area (Å²) in [5, 5.41) is 0. The summed E-state index contributed by atoms with van der Waals surface area (Å²) in [5.74, 6) is 0.593. The van der Waals surface area contributed by atoms with Crippen LogP contribution in [0.25, 0.3) is 12.2 Å². The Morgan fingerprint density at radius 1 is 0.733 bits per heavy atom. The molecular weight excluding hydrogens is 380 g/mol. The molecule has 6 nitrogen and oxygen atoms in total. The lowest BCUT2D eigenvalue weighted by Crippen LogP contribution is -2.13. The van der Waals surface area contributed by atoms with Crippen LogP contribution in [0.15, 0.2) is 42.6 Å². The van der Waals surface area contributed by atoms with Gasteiger partial charge >= 0.3 is 0 Å². The molecule has 0 saturated heterocycles. The van der Waals surface area contributed by atoms with E-state index in [9.17, 15) is 0 Å². The van der Waals surface area contributed by atoms with Crippen molar-refractivity contribution < 1.29 is 18.9 Å². The van der Waals surface area contributed by atoms with Crippen molar-refractivity contribution in [3.8, 4) is 5.88 Å². The molecule has 0 fully saturated rings. The average molecular weight is 415 g/mol. The maximum absolute atomic E-state index is 5.61. The number of ether oxygens (including phenoxy) is 4. The average Bonchev–Trinajstić information content (AvgIpc) is 2.77. The Morgan fingerprint density at radius 2 is 1.30 bits per heavy atom. The molecule has 1 heterocycles. The molecule has 164 valence electrons. The van der Waals surface area contributed by atoms with Gasteiger partial charge in [-0.15, -0.1) is 0 Å². The van der Waals surface area contributed by atoms with Crippen LogP contribution in [0.1, 0.15) is 24.5 Å². The van der Waals surface area contributed by atoms with E-state index in [1.54, 1.807) is 6.20 Å². The number of aromatic nitrogens is 1. The Morgan fingerprint density at radius 3 is 1.87 bits per heavy atom. The van der Waals surface area contributed by atoms with Crippen LogP contribution in [0, 0.1) is 0 Å². The molecule has 0 atom stereocenters. The van der Waals surface area contributed by atoms with Gasteiger partial charge in [-0.1, -0.05) is 31.2 Å². The molecule has 0 amide bonds. The van der Waals surface area contributed by atoms with Gasteiger partial charge in [0.1, 0.15) is 6.61 Å². The molecule has 1 aromatic heterocycles. The van der Waals surface area contributed by atoms with E-state index < -0.39 is 0 Å². The van der Waals surface area contributed by atoms with Crippen LogP contribution in [0.4, 0.5) is 5.69 Å². The minimum absolute atomic E-state index is 0.458. The van der Waals surface area contributed by atoms with Crippen molar-refractivity contribution in [1.82, 2.24) is 4.98 Å². The fourth-order valence-electron chi connectivity index (χ4n) is 2.54. The van der Waals surface area contributed by atoms with E-state index in [0.717, 1.165) is 24.2 Å². The van der Waals surface area contributed by atoms with Gasteiger partial charge < -0.3 is 23.8 Å². The first kappa shape index (κ1) is 23.9. The highest BCUT2D eigenvalue weighted by atomic mass is 16.6. The van der Waals surface area contributed by atoms with Gasteiger partial charge in [0, 0.05) is 38.7 Å². The monoisotopic (exact) mass is 414 g/mol. The molecular formula is C24H34N2O4. The van der Waals surface area contributed by atoms with Crippen molar-refractivity contribution in [2.24, 2.45) is 0 Å². The molecule has 1 aromatic carbocycles. The zero-order valence-electron chi connectivity index (χ0n) is 18.4. The summed E-state index contributed by atoms with van der Waals surface area (Å²) in [7, 11) is 4.07. The van der Waals surface area contributed by atoms with E-state index >= 15 is 0 Å². The lowest BCUT2D eigenvalue weighted by molar-refractivity contribution is 0.00921. The summed E-state index contributed by atoms with van der Waals surface area (Å²) < 4.78 is 21.8. The summed E-state index contributed by atoms with van der Waals surface area (Å²) in [4.78, 5) is 6.42. The predicted octanol–water partition coefficient (Wildman–Crippen LogP) is 4.16. The first-order valence-corrected chi connectivity index (χ1v) is 10.5. The lowest BCUT2D eigenvalue weighted by atomic mass is 10.1. The zero-order valence-corrected chi connectivity index (χ0v) is 18.4. The Balaban J connectivity index is 1.58. The van der Waals surface area contributed by atoms with Crippen LogP contribution in [0.2, 0.25) is 0 Å². The van der Waals surface area contributed by atoms with Crippen LogP contribution < -0.4 is 9.64 Å². The lowest BCUT2D eigenvalue weighted by Gasteiger charge is -2.11. The standard InChI is InChI=1S/C24H34N2O4/c1-4-13-27-14-15-28-16-17-29-18-19-30-24-12-9-22(20-25-24)6-5-21-7-10-23(11-8-21)26(2)3/h5-12,20H,4,13-19H2,1-3H3/b6-5+. The van der Waals surface area contributed by atoms with Gasteiger partial charge in [0.05, 0.1) is 33.0 Å². The summed E-state index contributed by atoms with van der Waals surface area (Å²) in [6.07, 6.45) is 6.94. The van der Waals surface area contributed by atoms with Crippen LogP contribution in [-0.4, -0.2) is 65.3 Å². The molecule has 0 unspecified atom stereocenters. The van der Waals surface area contributed by atoms with Gasteiger partial charge in [0.25, 0.3) is 0 Å². The molecule has 0 bridgehead atoms. The maximum Gasteiger partial charge on any atom is 0.213 e. The first-order valence-electron chi connectivity index (χ1n) is 10.5. The predicted molar refractivity (Wildman–Crippen MR) is 122 cm³/mol. The first-order chi connectivity index (χ1) is 14.7. The van der Waals surface area contributed by atoms with Gasteiger partial charge in [0.2, 0.25) is 5.88 Å². The summed E-state index contributed by atoms with van der Waals surface area (Å²) in [6, 6.07) is 12.3. The zero-order chi connectivity index (χ0) is 21.4. The van der Waals surface area contributed by atoms with Crippen molar-refractivity contribution >= 4 is 17.8 Å². The van der Waals surface area contributed by atoms with Crippen molar-refractivity contribution in [1.29, 1.82) is 0 Å². The SMILES string of the molecule is CCCOCCOCCOCCOc1ccc(/C=C/c2ccc(N(C)C)cc2)cn1.